The summed E-state index contributed by atoms with van der Waals surface area (Å²) in [5.74, 6) is -0.117. The highest BCUT2D eigenvalue weighted by Crippen LogP contribution is 2.28. The van der Waals surface area contributed by atoms with Crippen LogP contribution >= 0.6 is 0 Å². The van der Waals surface area contributed by atoms with Gasteiger partial charge in [-0.2, -0.15) is 9.59 Å². The highest BCUT2D eigenvalue weighted by molar-refractivity contribution is 5.99. The van der Waals surface area contributed by atoms with Crippen LogP contribution in [-0.2, 0) is 16.1 Å². The van der Waals surface area contributed by atoms with Crippen LogP contribution in [0.1, 0.15) is 51.5 Å². The fourth-order valence-corrected chi connectivity index (χ4v) is 4.66. The van der Waals surface area contributed by atoms with Crippen molar-refractivity contribution in [3.63, 3.8) is 0 Å². The number of aromatic nitrogens is 3. The minimum Gasteiger partial charge on any atom is -0.344 e. The maximum atomic E-state index is 13.0. The maximum absolute atomic E-state index is 13.0. The second-order valence-corrected chi connectivity index (χ2v) is 9.46. The monoisotopic (exact) mass is 518 g/mol. The first kappa shape index (κ1) is 27.2. The van der Waals surface area contributed by atoms with E-state index in [1.165, 1.54) is 27.9 Å². The Hall–Kier alpha value is -4.87. The first-order valence-corrected chi connectivity index (χ1v) is 12.6. The SMILES string of the molecule is Cc1cncc([C@H](C)NC(=O)c2ccc3c(c2)c(C)c(C)n3Cc2ccc(-c3ccccc3)cc2)n1.O=C=O. The van der Waals surface area contributed by atoms with Crippen molar-refractivity contribution in [2.24, 2.45) is 0 Å². The van der Waals surface area contributed by atoms with Crippen molar-refractivity contribution in [3.05, 3.63) is 119 Å². The average Bonchev–Trinajstić information content (AvgIpc) is 3.18. The standard InChI is InChI=1S/C31H30N4O.CO2/c1-20-17-32-18-29(33-20)22(3)34-31(36)27-14-15-30-28(16-27)21(2)23(4)35(30)19-24-10-12-26(13-11-24)25-8-6-5-7-9-25;2-1-3/h5-18,22H,19H2,1-4H3,(H,34,36);/t22-;/m0./s1. The van der Waals surface area contributed by atoms with Gasteiger partial charge in [0.2, 0.25) is 0 Å². The van der Waals surface area contributed by atoms with E-state index in [1.807, 2.05) is 32.0 Å². The number of hydrogen-bond donors (Lipinski definition) is 1. The molecule has 3 aromatic carbocycles. The molecule has 7 nitrogen and oxygen atoms in total. The largest absolute Gasteiger partial charge is 0.373 e. The molecule has 1 amide bonds. The van der Waals surface area contributed by atoms with Crippen molar-refractivity contribution >= 4 is 23.0 Å². The quantitative estimate of drug-likeness (QED) is 0.298. The Morgan fingerprint density at radius 1 is 0.923 bits per heavy atom. The molecule has 0 radical (unpaired) electrons. The molecule has 2 heterocycles. The number of benzene rings is 3. The lowest BCUT2D eigenvalue weighted by molar-refractivity contribution is -0.191. The predicted molar refractivity (Wildman–Crippen MR) is 150 cm³/mol. The van der Waals surface area contributed by atoms with Gasteiger partial charge < -0.3 is 9.88 Å². The van der Waals surface area contributed by atoms with Crippen LogP contribution in [0.3, 0.4) is 0 Å². The highest BCUT2D eigenvalue weighted by atomic mass is 16.2. The van der Waals surface area contributed by atoms with E-state index in [4.69, 9.17) is 9.59 Å². The van der Waals surface area contributed by atoms with E-state index in [0.717, 1.165) is 28.8 Å². The molecule has 5 rings (SSSR count). The summed E-state index contributed by atoms with van der Waals surface area (Å²) >= 11 is 0. The molecule has 196 valence electrons. The molecule has 39 heavy (non-hydrogen) atoms. The molecule has 0 aliphatic heterocycles. The summed E-state index contributed by atoms with van der Waals surface area (Å²) in [7, 11) is 0. The number of amides is 1. The fraction of sp³-hybridized carbons (Fsp3) is 0.188. The summed E-state index contributed by atoms with van der Waals surface area (Å²) in [6.45, 7) is 8.87. The molecule has 1 atom stereocenters. The van der Waals surface area contributed by atoms with Crippen LogP contribution < -0.4 is 5.32 Å². The lowest BCUT2D eigenvalue weighted by atomic mass is 10.0. The maximum Gasteiger partial charge on any atom is 0.373 e. The Labute approximate surface area is 227 Å². The van der Waals surface area contributed by atoms with E-state index in [-0.39, 0.29) is 18.1 Å². The van der Waals surface area contributed by atoms with Gasteiger partial charge >= 0.3 is 6.15 Å². The Bertz CT molecular complexity index is 1630. The molecule has 7 heteroatoms. The molecule has 0 unspecified atom stereocenters. The summed E-state index contributed by atoms with van der Waals surface area (Å²) < 4.78 is 2.33. The number of aryl methyl sites for hydroxylation is 2. The number of fused-ring (bicyclic) bond motifs is 1. The number of carbonyl (C=O) groups is 1. The van der Waals surface area contributed by atoms with Crippen LogP contribution in [0.5, 0.6) is 0 Å². The van der Waals surface area contributed by atoms with Crippen LogP contribution in [0, 0.1) is 20.8 Å². The van der Waals surface area contributed by atoms with Crippen molar-refractivity contribution in [2.45, 2.75) is 40.3 Å². The van der Waals surface area contributed by atoms with E-state index >= 15 is 0 Å². The fourth-order valence-electron chi connectivity index (χ4n) is 4.66. The van der Waals surface area contributed by atoms with Gasteiger partial charge in [0.15, 0.2) is 0 Å². The second-order valence-electron chi connectivity index (χ2n) is 9.46. The van der Waals surface area contributed by atoms with Gasteiger partial charge in [0, 0.05) is 34.9 Å². The first-order chi connectivity index (χ1) is 18.8. The zero-order chi connectivity index (χ0) is 27.9. The van der Waals surface area contributed by atoms with Crippen molar-refractivity contribution in [1.82, 2.24) is 19.9 Å². The van der Waals surface area contributed by atoms with E-state index in [2.05, 4.69) is 88.3 Å². The first-order valence-electron chi connectivity index (χ1n) is 12.6. The molecule has 2 aromatic heterocycles. The molecule has 0 saturated carbocycles. The Kier molecular flexibility index (Phi) is 8.44. The molecule has 0 saturated heterocycles. The van der Waals surface area contributed by atoms with Gasteiger partial charge in [-0.05, 0) is 68.1 Å². The van der Waals surface area contributed by atoms with Crippen LogP contribution in [0.15, 0.2) is 85.2 Å². The highest BCUT2D eigenvalue weighted by Gasteiger charge is 2.17. The molecule has 1 N–H and O–H groups in total. The lowest BCUT2D eigenvalue weighted by Gasteiger charge is -2.14. The second kappa shape index (κ2) is 12.1. The van der Waals surface area contributed by atoms with Crippen molar-refractivity contribution in [1.29, 1.82) is 0 Å². The number of nitrogens with zero attached hydrogens (tertiary/aromatic N) is 3. The molecule has 0 spiro atoms. The summed E-state index contributed by atoms with van der Waals surface area (Å²) in [6.07, 6.45) is 3.65. The molecular formula is C32H30N4O3. The van der Waals surface area contributed by atoms with E-state index < -0.39 is 0 Å². The third-order valence-corrected chi connectivity index (χ3v) is 6.87. The van der Waals surface area contributed by atoms with Crippen LogP contribution in [-0.4, -0.2) is 26.6 Å². The van der Waals surface area contributed by atoms with Crippen molar-refractivity contribution < 1.29 is 14.4 Å². The third-order valence-electron chi connectivity index (χ3n) is 6.87. The lowest BCUT2D eigenvalue weighted by Crippen LogP contribution is -2.27. The number of nitrogens with one attached hydrogen (secondary N) is 1. The van der Waals surface area contributed by atoms with Crippen LogP contribution in [0.2, 0.25) is 0 Å². The topological polar surface area (TPSA) is 93.9 Å². The molecule has 5 aromatic rings. The van der Waals surface area contributed by atoms with E-state index in [9.17, 15) is 4.79 Å². The Balaban J connectivity index is 0.00000112. The number of rotatable bonds is 6. The van der Waals surface area contributed by atoms with Gasteiger partial charge in [0.1, 0.15) is 0 Å². The van der Waals surface area contributed by atoms with Gasteiger partial charge in [-0.15, -0.1) is 0 Å². The van der Waals surface area contributed by atoms with Gasteiger partial charge in [0.25, 0.3) is 5.91 Å². The van der Waals surface area contributed by atoms with Crippen molar-refractivity contribution in [2.75, 3.05) is 0 Å². The van der Waals surface area contributed by atoms with Gasteiger partial charge in [-0.25, -0.2) is 0 Å². The zero-order valence-electron chi connectivity index (χ0n) is 22.4. The number of hydrogen-bond acceptors (Lipinski definition) is 5. The van der Waals surface area contributed by atoms with Gasteiger partial charge in [0.05, 0.1) is 23.6 Å². The smallest absolute Gasteiger partial charge is 0.344 e. The minimum atomic E-state index is -0.230. The third kappa shape index (κ3) is 6.17. The van der Waals surface area contributed by atoms with Crippen LogP contribution in [0.25, 0.3) is 22.0 Å². The predicted octanol–water partition coefficient (Wildman–Crippen LogP) is 5.98. The van der Waals surface area contributed by atoms with Gasteiger partial charge in [-0.1, -0.05) is 54.6 Å². The van der Waals surface area contributed by atoms with Crippen molar-refractivity contribution in [3.8, 4) is 11.1 Å². The average molecular weight is 519 g/mol. The molecule has 0 fully saturated rings. The zero-order valence-corrected chi connectivity index (χ0v) is 22.4. The Morgan fingerprint density at radius 3 is 2.26 bits per heavy atom. The van der Waals surface area contributed by atoms with Crippen LogP contribution in [0.4, 0.5) is 0 Å². The summed E-state index contributed by atoms with van der Waals surface area (Å²) in [5, 5.41) is 4.16. The molecular weight excluding hydrogens is 488 g/mol. The van der Waals surface area contributed by atoms with E-state index in [1.54, 1.807) is 12.4 Å². The Morgan fingerprint density at radius 2 is 1.59 bits per heavy atom. The van der Waals surface area contributed by atoms with E-state index in [0.29, 0.717) is 5.56 Å². The summed E-state index contributed by atoms with van der Waals surface area (Å²) in [5.41, 5.74) is 9.43. The normalized spacial score (nSPS) is 11.3. The molecule has 0 aliphatic carbocycles. The molecule has 0 bridgehead atoms. The molecule has 0 aliphatic rings. The summed E-state index contributed by atoms with van der Waals surface area (Å²) in [6, 6.07) is 24.9. The summed E-state index contributed by atoms with van der Waals surface area (Å²) in [4.78, 5) is 38.0. The number of carbonyl (C=O) groups excluding carboxylic acids is 3. The van der Waals surface area contributed by atoms with Gasteiger partial charge in [-0.3, -0.25) is 14.8 Å². The minimum absolute atomic E-state index is 0.117.